The Kier molecular flexibility index (Phi) is 5.13. The first-order valence-corrected chi connectivity index (χ1v) is 8.75. The van der Waals surface area contributed by atoms with E-state index < -0.39 is 0 Å². The van der Waals surface area contributed by atoms with Gasteiger partial charge in [0.2, 0.25) is 0 Å². The second kappa shape index (κ2) is 7.28. The number of halogens is 1. The van der Waals surface area contributed by atoms with Crippen LogP contribution < -0.4 is 0 Å². The molecule has 4 heteroatoms. The van der Waals surface area contributed by atoms with Crippen LogP contribution in [-0.2, 0) is 6.54 Å². The predicted octanol–water partition coefficient (Wildman–Crippen LogP) is 3.80. The number of hydrogen-bond donors (Lipinski definition) is 0. The molecule has 23 heavy (non-hydrogen) atoms. The second-order valence-corrected chi connectivity index (χ2v) is 6.99. The van der Waals surface area contributed by atoms with Gasteiger partial charge in [-0.25, -0.2) is 0 Å². The number of hydrogen-bond acceptors (Lipinski definition) is 2. The molecule has 0 N–H and O–H groups in total. The van der Waals surface area contributed by atoms with Gasteiger partial charge in [-0.05, 0) is 36.8 Å². The highest BCUT2D eigenvalue weighted by molar-refractivity contribution is 9.10. The number of carbonyl (C=O) groups excluding carboxylic acids is 1. The lowest BCUT2D eigenvalue weighted by Gasteiger charge is -2.40. The van der Waals surface area contributed by atoms with Gasteiger partial charge in [-0.15, -0.1) is 0 Å². The van der Waals surface area contributed by atoms with E-state index in [2.05, 4.69) is 52.0 Å². The molecule has 1 aliphatic heterocycles. The van der Waals surface area contributed by atoms with Crippen molar-refractivity contribution < 1.29 is 4.79 Å². The lowest BCUT2D eigenvalue weighted by molar-refractivity contribution is 0.0475. The maximum absolute atomic E-state index is 12.7. The first-order valence-electron chi connectivity index (χ1n) is 7.96. The summed E-state index contributed by atoms with van der Waals surface area (Å²) in [6.07, 6.45) is 0. The van der Waals surface area contributed by atoms with Gasteiger partial charge in [0.15, 0.2) is 0 Å². The summed E-state index contributed by atoms with van der Waals surface area (Å²) < 4.78 is 0.995. The lowest BCUT2D eigenvalue weighted by Crippen LogP contribution is -2.53. The fraction of sp³-hybridized carbons (Fsp3) is 0.316. The molecule has 1 heterocycles. The Morgan fingerprint density at radius 3 is 2.43 bits per heavy atom. The molecule has 0 spiro atoms. The van der Waals surface area contributed by atoms with Gasteiger partial charge in [-0.2, -0.15) is 0 Å². The largest absolute Gasteiger partial charge is 0.333 e. The topological polar surface area (TPSA) is 23.6 Å². The average Bonchev–Trinajstić information content (AvgIpc) is 2.56. The van der Waals surface area contributed by atoms with E-state index >= 15 is 0 Å². The molecule has 2 aromatic rings. The zero-order valence-corrected chi connectivity index (χ0v) is 14.9. The highest BCUT2D eigenvalue weighted by Crippen LogP contribution is 2.17. The van der Waals surface area contributed by atoms with Gasteiger partial charge >= 0.3 is 0 Å². The first-order chi connectivity index (χ1) is 11.1. The summed E-state index contributed by atoms with van der Waals surface area (Å²) in [5.74, 6) is 0.129. The smallest absolute Gasteiger partial charge is 0.254 e. The Morgan fingerprint density at radius 2 is 1.78 bits per heavy atom. The zero-order chi connectivity index (χ0) is 16.2. The number of carbonyl (C=O) groups is 1. The minimum atomic E-state index is 0.129. The molecule has 0 bridgehead atoms. The fourth-order valence-corrected chi connectivity index (χ4v) is 3.34. The summed E-state index contributed by atoms with van der Waals surface area (Å²) in [5.41, 5.74) is 2.09. The molecule has 0 saturated carbocycles. The predicted molar refractivity (Wildman–Crippen MR) is 96.4 cm³/mol. The van der Waals surface area contributed by atoms with Crippen LogP contribution in [0.3, 0.4) is 0 Å². The summed E-state index contributed by atoms with van der Waals surface area (Å²) in [5, 5.41) is 0. The highest BCUT2D eigenvalue weighted by atomic mass is 79.9. The van der Waals surface area contributed by atoms with Crippen LogP contribution in [0.2, 0.25) is 0 Å². The Hall–Kier alpha value is -1.65. The van der Waals surface area contributed by atoms with Crippen LogP contribution in [0.1, 0.15) is 22.8 Å². The SMILES string of the molecule is C[C@@H]1CN(Cc2ccccc2)CCN1C(=O)c1ccc(Br)cc1. The van der Waals surface area contributed by atoms with E-state index in [-0.39, 0.29) is 11.9 Å². The van der Waals surface area contributed by atoms with E-state index in [0.717, 1.165) is 36.2 Å². The highest BCUT2D eigenvalue weighted by Gasteiger charge is 2.27. The van der Waals surface area contributed by atoms with Gasteiger partial charge in [0.1, 0.15) is 0 Å². The zero-order valence-electron chi connectivity index (χ0n) is 13.3. The molecule has 1 amide bonds. The number of nitrogens with zero attached hydrogens (tertiary/aromatic N) is 2. The van der Waals surface area contributed by atoms with E-state index in [1.54, 1.807) is 0 Å². The molecule has 3 rings (SSSR count). The van der Waals surface area contributed by atoms with Crippen molar-refractivity contribution in [3.05, 3.63) is 70.2 Å². The van der Waals surface area contributed by atoms with E-state index in [4.69, 9.17) is 0 Å². The normalized spacial score (nSPS) is 18.9. The standard InChI is InChI=1S/C19H21BrN2O/c1-15-13-21(14-16-5-3-2-4-6-16)11-12-22(15)19(23)17-7-9-18(20)10-8-17/h2-10,15H,11-14H2,1H3/t15-/m1/s1. The molecular weight excluding hydrogens is 352 g/mol. The van der Waals surface area contributed by atoms with Crippen LogP contribution in [0.4, 0.5) is 0 Å². The van der Waals surface area contributed by atoms with Crippen molar-refractivity contribution in [2.24, 2.45) is 0 Å². The summed E-state index contributed by atoms with van der Waals surface area (Å²) in [4.78, 5) is 17.1. The van der Waals surface area contributed by atoms with Gasteiger partial charge in [0.05, 0.1) is 0 Å². The van der Waals surface area contributed by atoms with Gasteiger partial charge < -0.3 is 4.90 Å². The molecule has 0 radical (unpaired) electrons. The van der Waals surface area contributed by atoms with Crippen molar-refractivity contribution in [2.75, 3.05) is 19.6 Å². The number of rotatable bonds is 3. The van der Waals surface area contributed by atoms with E-state index in [1.165, 1.54) is 5.56 Å². The molecule has 120 valence electrons. The van der Waals surface area contributed by atoms with Crippen molar-refractivity contribution in [3.63, 3.8) is 0 Å². The molecule has 0 aliphatic carbocycles. The van der Waals surface area contributed by atoms with E-state index in [9.17, 15) is 4.79 Å². The minimum Gasteiger partial charge on any atom is -0.333 e. The summed E-state index contributed by atoms with van der Waals surface area (Å²) in [7, 11) is 0. The number of amides is 1. The molecule has 1 saturated heterocycles. The van der Waals surface area contributed by atoms with E-state index in [0.29, 0.717) is 0 Å². The van der Waals surface area contributed by atoms with Crippen molar-refractivity contribution in [3.8, 4) is 0 Å². The third-order valence-corrected chi connectivity index (χ3v) is 4.84. The van der Waals surface area contributed by atoms with Crippen LogP contribution in [0.5, 0.6) is 0 Å². The summed E-state index contributed by atoms with van der Waals surface area (Å²) in [6, 6.07) is 18.3. The quantitative estimate of drug-likeness (QED) is 0.817. The molecule has 0 aromatic heterocycles. The number of benzene rings is 2. The number of piperazine rings is 1. The first kappa shape index (κ1) is 16.2. The fourth-order valence-electron chi connectivity index (χ4n) is 3.08. The van der Waals surface area contributed by atoms with Crippen LogP contribution in [0.25, 0.3) is 0 Å². The summed E-state index contributed by atoms with van der Waals surface area (Å²) >= 11 is 3.41. The van der Waals surface area contributed by atoms with Crippen LogP contribution >= 0.6 is 15.9 Å². The molecule has 3 nitrogen and oxygen atoms in total. The molecule has 0 unspecified atom stereocenters. The monoisotopic (exact) mass is 372 g/mol. The molecule has 1 fully saturated rings. The van der Waals surface area contributed by atoms with Gasteiger partial charge in [-0.3, -0.25) is 9.69 Å². The van der Waals surface area contributed by atoms with Crippen molar-refractivity contribution >= 4 is 21.8 Å². The Bertz CT molecular complexity index is 657. The molecular formula is C19H21BrN2O. The van der Waals surface area contributed by atoms with Crippen molar-refractivity contribution in [1.29, 1.82) is 0 Å². The van der Waals surface area contributed by atoms with Gasteiger partial charge in [-0.1, -0.05) is 46.3 Å². The maximum Gasteiger partial charge on any atom is 0.254 e. The van der Waals surface area contributed by atoms with Crippen molar-refractivity contribution in [1.82, 2.24) is 9.80 Å². The molecule has 2 aromatic carbocycles. The van der Waals surface area contributed by atoms with Gasteiger partial charge in [0, 0.05) is 42.3 Å². The van der Waals surface area contributed by atoms with Crippen molar-refractivity contribution in [2.45, 2.75) is 19.5 Å². The average molecular weight is 373 g/mol. The van der Waals surface area contributed by atoms with Gasteiger partial charge in [0.25, 0.3) is 5.91 Å². The third-order valence-electron chi connectivity index (χ3n) is 4.31. The lowest BCUT2D eigenvalue weighted by atomic mass is 10.1. The van der Waals surface area contributed by atoms with Crippen LogP contribution in [0, 0.1) is 0 Å². The second-order valence-electron chi connectivity index (χ2n) is 6.08. The third kappa shape index (κ3) is 4.01. The van der Waals surface area contributed by atoms with E-state index in [1.807, 2.05) is 35.2 Å². The Morgan fingerprint density at radius 1 is 1.09 bits per heavy atom. The molecule has 1 aliphatic rings. The maximum atomic E-state index is 12.7. The van der Waals surface area contributed by atoms with Crippen LogP contribution in [-0.4, -0.2) is 41.4 Å². The Balaban J connectivity index is 1.62. The van der Waals surface area contributed by atoms with Crippen LogP contribution in [0.15, 0.2) is 59.1 Å². The Labute approximate surface area is 146 Å². The minimum absolute atomic E-state index is 0.129. The molecule has 1 atom stereocenters. The summed E-state index contributed by atoms with van der Waals surface area (Å²) in [6.45, 7) is 5.70.